The van der Waals surface area contributed by atoms with E-state index in [0.717, 1.165) is 10.6 Å². The topological polar surface area (TPSA) is 38.4 Å². The molecule has 2 nitrogen and oxygen atoms in total. The average Bonchev–Trinajstić information content (AvgIpc) is 2.75. The summed E-state index contributed by atoms with van der Waals surface area (Å²) in [6, 6.07) is 0. The number of aliphatic imine (C=N–C) groups is 1. The zero-order valence-electron chi connectivity index (χ0n) is 9.20. The smallest absolute Gasteiger partial charge is 0.0395 e. The summed E-state index contributed by atoms with van der Waals surface area (Å²) in [5.41, 5.74) is 7.98. The molecule has 0 radical (unpaired) electrons. The third kappa shape index (κ3) is 2.04. The van der Waals surface area contributed by atoms with E-state index in [0.29, 0.717) is 12.5 Å². The van der Waals surface area contributed by atoms with E-state index in [2.05, 4.69) is 11.9 Å². The van der Waals surface area contributed by atoms with Gasteiger partial charge in [-0.25, -0.2) is 0 Å². The maximum absolute atomic E-state index is 5.64. The van der Waals surface area contributed by atoms with Crippen LogP contribution in [0.3, 0.4) is 0 Å². The van der Waals surface area contributed by atoms with Gasteiger partial charge < -0.3 is 5.73 Å². The standard InChI is InChI=1S/C12H18N2S/c1-8-11(6-13)14-7-10(12(8)15)9-4-2-3-5-9/h7-9H,2-6,13H2,1H3. The fourth-order valence-corrected chi connectivity index (χ4v) is 2.86. The van der Waals surface area contributed by atoms with Crippen molar-refractivity contribution in [2.24, 2.45) is 22.6 Å². The van der Waals surface area contributed by atoms with Crippen molar-refractivity contribution in [2.75, 3.05) is 6.54 Å². The monoisotopic (exact) mass is 222 g/mol. The number of nitrogens with zero attached hydrogens (tertiary/aromatic N) is 1. The largest absolute Gasteiger partial charge is 0.325 e. The molecular formula is C12H18N2S. The Kier molecular flexibility index (Phi) is 3.32. The highest BCUT2D eigenvalue weighted by atomic mass is 32.1. The van der Waals surface area contributed by atoms with Crippen LogP contribution < -0.4 is 5.73 Å². The number of hydrogen-bond acceptors (Lipinski definition) is 3. The Balaban J connectivity index is 2.21. The summed E-state index contributed by atoms with van der Waals surface area (Å²) < 4.78 is 0. The molecule has 1 fully saturated rings. The first-order chi connectivity index (χ1) is 7.24. The van der Waals surface area contributed by atoms with Crippen LogP contribution in [0.2, 0.25) is 0 Å². The maximum Gasteiger partial charge on any atom is 0.0395 e. The number of thiocarbonyl (C=S) groups is 1. The van der Waals surface area contributed by atoms with E-state index in [9.17, 15) is 0 Å². The van der Waals surface area contributed by atoms with Crippen LogP contribution in [-0.2, 0) is 0 Å². The summed E-state index contributed by atoms with van der Waals surface area (Å²) in [7, 11) is 0. The van der Waals surface area contributed by atoms with E-state index in [4.69, 9.17) is 18.0 Å². The van der Waals surface area contributed by atoms with Crippen molar-refractivity contribution in [2.45, 2.75) is 32.6 Å². The van der Waals surface area contributed by atoms with E-state index in [1.54, 1.807) is 0 Å². The molecule has 1 aliphatic heterocycles. The first kappa shape index (κ1) is 11.0. The molecule has 0 aromatic carbocycles. The maximum atomic E-state index is 5.64. The number of allylic oxidation sites excluding steroid dienone is 1. The zero-order valence-corrected chi connectivity index (χ0v) is 10.0. The summed E-state index contributed by atoms with van der Waals surface area (Å²) in [4.78, 5) is 5.53. The van der Waals surface area contributed by atoms with Gasteiger partial charge in [0.2, 0.25) is 0 Å². The molecule has 1 saturated carbocycles. The molecule has 2 N–H and O–H groups in total. The fourth-order valence-electron chi connectivity index (χ4n) is 2.50. The Morgan fingerprint density at radius 1 is 1.47 bits per heavy atom. The molecule has 82 valence electrons. The second-order valence-corrected chi connectivity index (χ2v) is 4.92. The molecule has 0 bridgehead atoms. The third-order valence-corrected chi connectivity index (χ3v) is 4.14. The lowest BCUT2D eigenvalue weighted by Crippen LogP contribution is -2.31. The summed E-state index contributed by atoms with van der Waals surface area (Å²) in [6.07, 6.45) is 7.22. The van der Waals surface area contributed by atoms with Gasteiger partial charge in [0.05, 0.1) is 0 Å². The highest BCUT2D eigenvalue weighted by Crippen LogP contribution is 2.34. The van der Waals surface area contributed by atoms with Crippen LogP contribution in [0.25, 0.3) is 0 Å². The lowest BCUT2D eigenvalue weighted by Gasteiger charge is -2.24. The van der Waals surface area contributed by atoms with Crippen molar-refractivity contribution < 1.29 is 0 Å². The number of hydrogen-bond donors (Lipinski definition) is 1. The molecule has 0 spiro atoms. The average molecular weight is 222 g/mol. The number of nitrogens with two attached hydrogens (primary N) is 1. The molecule has 1 unspecified atom stereocenters. The summed E-state index contributed by atoms with van der Waals surface area (Å²) in [5, 5.41) is 0. The van der Waals surface area contributed by atoms with Gasteiger partial charge in [-0.1, -0.05) is 32.0 Å². The van der Waals surface area contributed by atoms with E-state index >= 15 is 0 Å². The molecule has 2 rings (SSSR count). The van der Waals surface area contributed by atoms with Crippen molar-refractivity contribution in [3.63, 3.8) is 0 Å². The molecule has 1 heterocycles. The second kappa shape index (κ2) is 4.54. The van der Waals surface area contributed by atoms with Gasteiger partial charge in [0, 0.05) is 29.2 Å². The highest BCUT2D eigenvalue weighted by molar-refractivity contribution is 7.81. The van der Waals surface area contributed by atoms with Gasteiger partial charge in [-0.3, -0.25) is 4.99 Å². The minimum absolute atomic E-state index is 0.269. The fraction of sp³-hybridized carbons (Fsp3) is 0.667. The van der Waals surface area contributed by atoms with Crippen molar-refractivity contribution in [3.8, 4) is 0 Å². The summed E-state index contributed by atoms with van der Waals surface area (Å²) >= 11 is 5.53. The Morgan fingerprint density at radius 2 is 2.13 bits per heavy atom. The van der Waals surface area contributed by atoms with Crippen molar-refractivity contribution >= 4 is 22.8 Å². The van der Waals surface area contributed by atoms with Crippen molar-refractivity contribution in [3.05, 3.63) is 11.8 Å². The van der Waals surface area contributed by atoms with Gasteiger partial charge in [0.15, 0.2) is 0 Å². The van der Waals surface area contributed by atoms with Crippen LogP contribution >= 0.6 is 12.2 Å². The molecule has 1 aliphatic carbocycles. The van der Waals surface area contributed by atoms with Gasteiger partial charge >= 0.3 is 0 Å². The van der Waals surface area contributed by atoms with Crippen LogP contribution in [-0.4, -0.2) is 17.1 Å². The molecule has 15 heavy (non-hydrogen) atoms. The highest BCUT2D eigenvalue weighted by Gasteiger charge is 2.28. The normalized spacial score (nSPS) is 27.9. The number of rotatable bonds is 2. The second-order valence-electron chi connectivity index (χ2n) is 4.48. The minimum Gasteiger partial charge on any atom is -0.325 e. The molecule has 0 amide bonds. The summed E-state index contributed by atoms with van der Waals surface area (Å²) in [6.45, 7) is 2.64. The molecule has 0 aromatic rings. The van der Waals surface area contributed by atoms with Gasteiger partial charge in [0.25, 0.3) is 0 Å². The van der Waals surface area contributed by atoms with Crippen LogP contribution in [0.5, 0.6) is 0 Å². The van der Waals surface area contributed by atoms with Crippen LogP contribution in [0.1, 0.15) is 32.6 Å². The van der Waals surface area contributed by atoms with Crippen molar-refractivity contribution in [1.29, 1.82) is 0 Å². The Hall–Kier alpha value is -0.540. The van der Waals surface area contributed by atoms with Crippen molar-refractivity contribution in [1.82, 2.24) is 0 Å². The molecule has 3 heteroatoms. The van der Waals surface area contributed by atoms with Gasteiger partial charge in [-0.05, 0) is 24.3 Å². The molecular weight excluding hydrogens is 204 g/mol. The van der Waals surface area contributed by atoms with Gasteiger partial charge in [-0.2, -0.15) is 0 Å². The van der Waals surface area contributed by atoms with E-state index < -0.39 is 0 Å². The molecule has 0 aromatic heterocycles. The Morgan fingerprint density at radius 3 is 2.73 bits per heavy atom. The van der Waals surface area contributed by atoms with Crippen LogP contribution in [0, 0.1) is 11.8 Å². The zero-order chi connectivity index (χ0) is 10.8. The first-order valence-electron chi connectivity index (χ1n) is 5.75. The quantitative estimate of drug-likeness (QED) is 0.729. The predicted molar refractivity (Wildman–Crippen MR) is 68.3 cm³/mol. The lowest BCUT2D eigenvalue weighted by atomic mass is 9.86. The minimum atomic E-state index is 0.269. The predicted octanol–water partition coefficient (Wildman–Crippen LogP) is 2.48. The van der Waals surface area contributed by atoms with Gasteiger partial charge in [-0.15, -0.1) is 0 Å². The van der Waals surface area contributed by atoms with Crippen LogP contribution in [0.4, 0.5) is 0 Å². The molecule has 0 saturated heterocycles. The summed E-state index contributed by atoms with van der Waals surface area (Å²) in [5.74, 6) is 0.939. The van der Waals surface area contributed by atoms with E-state index in [1.807, 2.05) is 6.20 Å². The van der Waals surface area contributed by atoms with Crippen LogP contribution in [0.15, 0.2) is 16.8 Å². The Bertz CT molecular complexity index is 325. The molecule has 1 atom stereocenters. The van der Waals surface area contributed by atoms with E-state index in [-0.39, 0.29) is 5.92 Å². The third-order valence-electron chi connectivity index (χ3n) is 3.55. The Labute approximate surface area is 96.6 Å². The lowest BCUT2D eigenvalue weighted by molar-refractivity contribution is 0.659. The first-order valence-corrected chi connectivity index (χ1v) is 6.15. The van der Waals surface area contributed by atoms with Gasteiger partial charge in [0.1, 0.15) is 0 Å². The SMILES string of the molecule is CC1C(=S)C(C2CCCC2)=CN=C1CN. The van der Waals surface area contributed by atoms with E-state index in [1.165, 1.54) is 31.3 Å². The molecule has 2 aliphatic rings.